The number of aldehydes is 1. The molecule has 0 aliphatic rings. The zero-order valence-corrected chi connectivity index (χ0v) is 10.1. The molecule has 0 atom stereocenters. The molecule has 0 N–H and O–H groups in total. The molecule has 0 spiro atoms. The zero-order valence-electron chi connectivity index (χ0n) is 10.1. The van der Waals surface area contributed by atoms with Crippen LogP contribution in [0.2, 0.25) is 0 Å². The number of ether oxygens (including phenoxy) is 1. The van der Waals surface area contributed by atoms with Crippen molar-refractivity contribution in [3.05, 3.63) is 41.2 Å². The Balaban J connectivity index is 2.41. The molecule has 17 heavy (non-hydrogen) atoms. The van der Waals surface area contributed by atoms with Gasteiger partial charge >= 0.3 is 0 Å². The number of aromatic nitrogens is 2. The third kappa shape index (κ3) is 2.06. The number of carbonyl (C=O) groups is 1. The van der Waals surface area contributed by atoms with Crippen molar-refractivity contribution >= 4 is 6.29 Å². The molecule has 0 radical (unpaired) electrons. The van der Waals surface area contributed by atoms with Crippen molar-refractivity contribution in [1.82, 2.24) is 9.78 Å². The SMILES string of the molecule is Cc1nn(C)c(C)c1Oc1ccccc1C=O. The average Bonchev–Trinajstić information content (AvgIpc) is 2.57. The lowest BCUT2D eigenvalue weighted by Gasteiger charge is -2.07. The fourth-order valence-electron chi connectivity index (χ4n) is 1.68. The van der Waals surface area contributed by atoms with Gasteiger partial charge in [0.05, 0.1) is 11.3 Å². The van der Waals surface area contributed by atoms with Crippen LogP contribution in [0.15, 0.2) is 24.3 Å². The average molecular weight is 230 g/mol. The van der Waals surface area contributed by atoms with Gasteiger partial charge in [-0.15, -0.1) is 0 Å². The Bertz CT molecular complexity index is 559. The molecule has 0 saturated carbocycles. The fourth-order valence-corrected chi connectivity index (χ4v) is 1.68. The lowest BCUT2D eigenvalue weighted by atomic mass is 10.2. The summed E-state index contributed by atoms with van der Waals surface area (Å²) in [5.74, 6) is 1.27. The highest BCUT2D eigenvalue weighted by Gasteiger charge is 2.13. The largest absolute Gasteiger partial charge is 0.453 e. The Morgan fingerprint density at radius 3 is 2.59 bits per heavy atom. The highest BCUT2D eigenvalue weighted by molar-refractivity contribution is 5.79. The van der Waals surface area contributed by atoms with Gasteiger partial charge in [-0.2, -0.15) is 5.10 Å². The molecule has 0 bridgehead atoms. The van der Waals surface area contributed by atoms with E-state index < -0.39 is 0 Å². The Morgan fingerprint density at radius 2 is 2.00 bits per heavy atom. The monoisotopic (exact) mass is 230 g/mol. The Labute approximate surface area is 99.8 Å². The fraction of sp³-hybridized carbons (Fsp3) is 0.231. The van der Waals surface area contributed by atoms with Gasteiger partial charge in [-0.05, 0) is 26.0 Å². The highest BCUT2D eigenvalue weighted by atomic mass is 16.5. The number of rotatable bonds is 3. The van der Waals surface area contributed by atoms with Crippen molar-refractivity contribution in [3.8, 4) is 11.5 Å². The topological polar surface area (TPSA) is 44.1 Å². The first-order valence-corrected chi connectivity index (χ1v) is 5.35. The molecule has 0 aliphatic heterocycles. The Hall–Kier alpha value is -2.10. The summed E-state index contributed by atoms with van der Waals surface area (Å²) in [7, 11) is 1.86. The highest BCUT2D eigenvalue weighted by Crippen LogP contribution is 2.29. The van der Waals surface area contributed by atoms with Crippen LogP contribution in [0.25, 0.3) is 0 Å². The molecule has 2 rings (SSSR count). The van der Waals surface area contributed by atoms with E-state index in [1.165, 1.54) is 0 Å². The summed E-state index contributed by atoms with van der Waals surface area (Å²) < 4.78 is 7.53. The molecule has 4 nitrogen and oxygen atoms in total. The maximum atomic E-state index is 10.9. The van der Waals surface area contributed by atoms with Crippen LogP contribution in [0.4, 0.5) is 0 Å². The van der Waals surface area contributed by atoms with E-state index in [-0.39, 0.29) is 0 Å². The third-order valence-corrected chi connectivity index (χ3v) is 2.70. The van der Waals surface area contributed by atoms with E-state index in [1.54, 1.807) is 22.9 Å². The predicted octanol–water partition coefficient (Wildman–Crippen LogP) is 2.64. The summed E-state index contributed by atoms with van der Waals surface area (Å²) in [6.07, 6.45) is 0.788. The van der Waals surface area contributed by atoms with Gasteiger partial charge in [-0.3, -0.25) is 9.48 Å². The number of hydrogen-bond acceptors (Lipinski definition) is 3. The van der Waals surface area contributed by atoms with E-state index in [9.17, 15) is 4.79 Å². The first kappa shape index (κ1) is 11.4. The van der Waals surface area contributed by atoms with Gasteiger partial charge in [0.15, 0.2) is 12.0 Å². The molecular weight excluding hydrogens is 216 g/mol. The van der Waals surface area contributed by atoms with Crippen LogP contribution in [0.1, 0.15) is 21.7 Å². The summed E-state index contributed by atoms with van der Waals surface area (Å²) in [6, 6.07) is 7.14. The minimum Gasteiger partial charge on any atom is -0.453 e. The lowest BCUT2D eigenvalue weighted by Crippen LogP contribution is -1.94. The molecule has 0 amide bonds. The van der Waals surface area contributed by atoms with Crippen molar-refractivity contribution in [1.29, 1.82) is 0 Å². The van der Waals surface area contributed by atoms with E-state index in [4.69, 9.17) is 4.74 Å². The summed E-state index contributed by atoms with van der Waals surface area (Å²) >= 11 is 0. The van der Waals surface area contributed by atoms with Gasteiger partial charge < -0.3 is 4.74 Å². The molecule has 0 saturated heterocycles. The quantitative estimate of drug-likeness (QED) is 0.761. The zero-order chi connectivity index (χ0) is 12.4. The predicted molar refractivity (Wildman–Crippen MR) is 64.6 cm³/mol. The summed E-state index contributed by atoms with van der Waals surface area (Å²) in [4.78, 5) is 10.9. The van der Waals surface area contributed by atoms with Crippen molar-refractivity contribution in [3.63, 3.8) is 0 Å². The molecule has 1 aromatic carbocycles. The molecule has 0 fully saturated rings. The number of nitrogens with zero attached hydrogens (tertiary/aromatic N) is 2. The first-order chi connectivity index (χ1) is 8.13. The maximum absolute atomic E-state index is 10.9. The number of carbonyl (C=O) groups excluding carboxylic acids is 1. The van der Waals surface area contributed by atoms with Crippen LogP contribution in [0.5, 0.6) is 11.5 Å². The summed E-state index contributed by atoms with van der Waals surface area (Å²) in [5, 5.41) is 4.27. The normalized spacial score (nSPS) is 10.3. The molecule has 4 heteroatoms. The van der Waals surface area contributed by atoms with Crippen LogP contribution in [0, 0.1) is 13.8 Å². The second-order valence-electron chi connectivity index (χ2n) is 3.88. The van der Waals surface area contributed by atoms with Crippen molar-refractivity contribution in [2.24, 2.45) is 7.05 Å². The smallest absolute Gasteiger partial charge is 0.171 e. The molecule has 0 aliphatic carbocycles. The molecule has 0 unspecified atom stereocenters. The van der Waals surface area contributed by atoms with Crippen LogP contribution in [0.3, 0.4) is 0 Å². The van der Waals surface area contributed by atoms with Crippen LogP contribution in [-0.4, -0.2) is 16.1 Å². The molecule has 1 aromatic heterocycles. The van der Waals surface area contributed by atoms with Crippen LogP contribution < -0.4 is 4.74 Å². The third-order valence-electron chi connectivity index (χ3n) is 2.70. The molecule has 88 valence electrons. The lowest BCUT2D eigenvalue weighted by molar-refractivity contribution is 0.112. The number of para-hydroxylation sites is 1. The first-order valence-electron chi connectivity index (χ1n) is 5.35. The van der Waals surface area contributed by atoms with Gasteiger partial charge in [0, 0.05) is 7.05 Å². The van der Waals surface area contributed by atoms with E-state index in [2.05, 4.69) is 5.10 Å². The molecule has 2 aromatic rings. The van der Waals surface area contributed by atoms with Crippen LogP contribution >= 0.6 is 0 Å². The van der Waals surface area contributed by atoms with E-state index >= 15 is 0 Å². The van der Waals surface area contributed by atoms with E-state index in [1.807, 2.05) is 27.0 Å². The second kappa shape index (κ2) is 4.41. The van der Waals surface area contributed by atoms with E-state index in [0.717, 1.165) is 17.7 Å². The minimum atomic E-state index is 0.537. The van der Waals surface area contributed by atoms with Crippen molar-refractivity contribution in [2.75, 3.05) is 0 Å². The molecular formula is C13H14N2O2. The summed E-state index contributed by atoms with van der Waals surface area (Å²) in [5.41, 5.74) is 2.28. The van der Waals surface area contributed by atoms with E-state index in [0.29, 0.717) is 17.1 Å². The minimum absolute atomic E-state index is 0.537. The number of benzene rings is 1. The standard InChI is InChI=1S/C13H14N2O2/c1-9-13(10(2)15(3)14-9)17-12-7-5-4-6-11(12)8-16/h4-8H,1-3H3. The summed E-state index contributed by atoms with van der Waals surface area (Å²) in [6.45, 7) is 3.81. The van der Waals surface area contributed by atoms with Gasteiger partial charge in [0.1, 0.15) is 11.4 Å². The number of aryl methyl sites for hydroxylation is 2. The van der Waals surface area contributed by atoms with Gasteiger partial charge in [0.25, 0.3) is 0 Å². The molecule has 1 heterocycles. The maximum Gasteiger partial charge on any atom is 0.171 e. The van der Waals surface area contributed by atoms with Crippen molar-refractivity contribution < 1.29 is 9.53 Å². The second-order valence-corrected chi connectivity index (χ2v) is 3.88. The van der Waals surface area contributed by atoms with Gasteiger partial charge in [0.2, 0.25) is 0 Å². The van der Waals surface area contributed by atoms with Gasteiger partial charge in [-0.1, -0.05) is 12.1 Å². The Kier molecular flexibility index (Phi) is 2.95. The number of hydrogen-bond donors (Lipinski definition) is 0. The van der Waals surface area contributed by atoms with Gasteiger partial charge in [-0.25, -0.2) is 0 Å². The van der Waals surface area contributed by atoms with Crippen LogP contribution in [-0.2, 0) is 7.05 Å². The Morgan fingerprint density at radius 1 is 1.29 bits per heavy atom. The van der Waals surface area contributed by atoms with Crippen molar-refractivity contribution in [2.45, 2.75) is 13.8 Å².